The summed E-state index contributed by atoms with van der Waals surface area (Å²) in [7, 11) is 0. The molecule has 0 radical (unpaired) electrons. The zero-order valence-electron chi connectivity index (χ0n) is 18.5. The third kappa shape index (κ3) is 4.62. The van der Waals surface area contributed by atoms with Gasteiger partial charge < -0.3 is 20.1 Å². The molecule has 0 saturated heterocycles. The second-order valence-electron chi connectivity index (χ2n) is 8.58. The number of rotatable bonds is 7. The minimum atomic E-state index is -0.188. The molecule has 0 amide bonds. The molecule has 5 rings (SSSR count). The van der Waals surface area contributed by atoms with Crippen LogP contribution in [0.25, 0.3) is 11.0 Å². The van der Waals surface area contributed by atoms with Crippen LogP contribution in [0.15, 0.2) is 61.2 Å². The molecule has 1 aliphatic carbocycles. The van der Waals surface area contributed by atoms with Gasteiger partial charge in [-0.05, 0) is 61.9 Å². The lowest BCUT2D eigenvalue weighted by Crippen LogP contribution is -2.27. The van der Waals surface area contributed by atoms with Gasteiger partial charge in [-0.25, -0.2) is 4.98 Å². The summed E-state index contributed by atoms with van der Waals surface area (Å²) in [6.07, 6.45) is 10.6. The van der Waals surface area contributed by atoms with Crippen LogP contribution in [-0.2, 0) is 0 Å². The fraction of sp³-hybridized carbons (Fsp3) is 0.269. The zero-order valence-corrected chi connectivity index (χ0v) is 19.3. The van der Waals surface area contributed by atoms with Crippen LogP contribution in [0.2, 0.25) is 5.02 Å². The average Bonchev–Trinajstić information content (AvgIpc) is 3.30. The van der Waals surface area contributed by atoms with E-state index in [1.807, 2.05) is 6.07 Å². The number of nitrogens with zero attached hydrogens (tertiary/aromatic N) is 2. The molecule has 3 aromatic heterocycles. The summed E-state index contributed by atoms with van der Waals surface area (Å²) < 4.78 is 5.80. The monoisotopic (exact) mass is 476 g/mol. The lowest BCUT2D eigenvalue weighted by molar-refractivity contribution is 0.104. The summed E-state index contributed by atoms with van der Waals surface area (Å²) in [5.74, 6) is 1.37. The lowest BCUT2D eigenvalue weighted by Gasteiger charge is -2.29. The first-order valence-corrected chi connectivity index (χ1v) is 11.8. The van der Waals surface area contributed by atoms with Crippen molar-refractivity contribution in [3.8, 4) is 11.5 Å². The number of carbonyl (C=O) groups is 1. The molecule has 1 aromatic carbocycles. The number of ketones is 1. The highest BCUT2D eigenvalue weighted by Gasteiger charge is 2.24. The molecule has 3 N–H and O–H groups in total. The number of fused-ring (bicyclic) bond motifs is 1. The lowest BCUT2D eigenvalue weighted by atomic mass is 9.86. The molecule has 0 aliphatic heterocycles. The van der Waals surface area contributed by atoms with Crippen LogP contribution < -0.4 is 10.1 Å². The maximum absolute atomic E-state index is 13.5. The number of hydrogen-bond donors (Lipinski definition) is 3. The number of halogens is 1. The van der Waals surface area contributed by atoms with E-state index in [1.165, 1.54) is 0 Å². The van der Waals surface area contributed by atoms with Crippen molar-refractivity contribution in [2.75, 3.05) is 11.9 Å². The van der Waals surface area contributed by atoms with Gasteiger partial charge in [-0.1, -0.05) is 11.6 Å². The van der Waals surface area contributed by atoms with Crippen molar-refractivity contribution in [3.05, 3.63) is 77.3 Å². The molecule has 8 heteroatoms. The van der Waals surface area contributed by atoms with E-state index in [0.717, 1.165) is 36.8 Å². The number of aromatic nitrogens is 3. The summed E-state index contributed by atoms with van der Waals surface area (Å²) in [5, 5.41) is 14.1. The molecule has 1 fully saturated rings. The van der Waals surface area contributed by atoms with Crippen molar-refractivity contribution in [1.29, 1.82) is 0 Å². The van der Waals surface area contributed by atoms with Gasteiger partial charge in [0, 0.05) is 54.8 Å². The highest BCUT2D eigenvalue weighted by molar-refractivity contribution is 6.35. The van der Waals surface area contributed by atoms with E-state index in [1.54, 1.807) is 55.1 Å². The Morgan fingerprint density at radius 3 is 2.59 bits per heavy atom. The van der Waals surface area contributed by atoms with Gasteiger partial charge in [0.15, 0.2) is 5.78 Å². The first kappa shape index (κ1) is 22.4. The average molecular weight is 477 g/mol. The maximum atomic E-state index is 13.5. The summed E-state index contributed by atoms with van der Waals surface area (Å²) >= 11 is 6.51. The van der Waals surface area contributed by atoms with Gasteiger partial charge in [0.05, 0.1) is 16.0 Å². The Bertz CT molecular complexity index is 1300. The SMILES string of the molecule is O=C(c1ccc(Oc2ccncc2)cc1Cl)c1c[nH]c2nccc(NC3CCC(CO)CC3)c12. The molecule has 1 saturated carbocycles. The molecule has 7 nitrogen and oxygen atoms in total. The Morgan fingerprint density at radius 2 is 1.85 bits per heavy atom. The minimum absolute atomic E-state index is 0.188. The molecular formula is C26H25ClN4O3. The van der Waals surface area contributed by atoms with Crippen molar-refractivity contribution in [3.63, 3.8) is 0 Å². The fourth-order valence-corrected chi connectivity index (χ4v) is 4.75. The fourth-order valence-electron chi connectivity index (χ4n) is 4.50. The number of ether oxygens (including phenoxy) is 1. The molecule has 4 aromatic rings. The molecule has 0 atom stereocenters. The predicted octanol–water partition coefficient (Wildman–Crippen LogP) is 5.60. The highest BCUT2D eigenvalue weighted by atomic mass is 35.5. The third-order valence-electron chi connectivity index (χ3n) is 6.35. The molecule has 0 bridgehead atoms. The zero-order chi connectivity index (χ0) is 23.5. The van der Waals surface area contributed by atoms with E-state index in [-0.39, 0.29) is 12.4 Å². The Labute approximate surface area is 202 Å². The molecule has 0 spiro atoms. The largest absolute Gasteiger partial charge is 0.457 e. The van der Waals surface area contributed by atoms with Gasteiger partial charge in [0.25, 0.3) is 0 Å². The number of carbonyl (C=O) groups excluding carboxylic acids is 1. The number of aromatic amines is 1. The molecular weight excluding hydrogens is 452 g/mol. The van der Waals surface area contributed by atoms with Crippen LogP contribution in [0.3, 0.4) is 0 Å². The van der Waals surface area contributed by atoms with Gasteiger partial charge >= 0.3 is 0 Å². The number of aliphatic hydroxyl groups excluding tert-OH is 1. The topological polar surface area (TPSA) is 100 Å². The Kier molecular flexibility index (Phi) is 6.47. The van der Waals surface area contributed by atoms with Crippen LogP contribution in [0.1, 0.15) is 41.6 Å². The molecule has 1 aliphatic rings. The van der Waals surface area contributed by atoms with E-state index in [0.29, 0.717) is 45.3 Å². The van der Waals surface area contributed by atoms with Crippen molar-refractivity contribution in [1.82, 2.24) is 15.0 Å². The summed E-state index contributed by atoms with van der Waals surface area (Å²) in [6.45, 7) is 0.246. The maximum Gasteiger partial charge on any atom is 0.196 e. The first-order chi connectivity index (χ1) is 16.6. The van der Waals surface area contributed by atoms with Crippen molar-refractivity contribution in [2.24, 2.45) is 5.92 Å². The number of aliphatic hydroxyl groups is 1. The summed E-state index contributed by atoms with van der Waals surface area (Å²) in [6, 6.07) is 10.7. The summed E-state index contributed by atoms with van der Waals surface area (Å²) in [4.78, 5) is 25.0. The van der Waals surface area contributed by atoms with Crippen molar-refractivity contribution in [2.45, 2.75) is 31.7 Å². The van der Waals surface area contributed by atoms with Crippen LogP contribution >= 0.6 is 11.6 Å². The Balaban J connectivity index is 1.40. The van der Waals surface area contributed by atoms with Gasteiger partial charge in [-0.2, -0.15) is 0 Å². The molecule has 3 heterocycles. The van der Waals surface area contributed by atoms with E-state index in [9.17, 15) is 9.90 Å². The number of anilines is 1. The first-order valence-electron chi connectivity index (χ1n) is 11.4. The van der Waals surface area contributed by atoms with Crippen LogP contribution in [0.4, 0.5) is 5.69 Å². The van der Waals surface area contributed by atoms with E-state index < -0.39 is 0 Å². The van der Waals surface area contributed by atoms with Gasteiger partial charge in [-0.15, -0.1) is 0 Å². The number of nitrogens with one attached hydrogen (secondary N) is 2. The van der Waals surface area contributed by atoms with Crippen LogP contribution in [0, 0.1) is 5.92 Å². The van der Waals surface area contributed by atoms with Gasteiger partial charge in [0.2, 0.25) is 0 Å². The number of hydrogen-bond acceptors (Lipinski definition) is 6. The van der Waals surface area contributed by atoms with Crippen LogP contribution in [-0.4, -0.2) is 38.5 Å². The molecule has 34 heavy (non-hydrogen) atoms. The van der Waals surface area contributed by atoms with Gasteiger partial charge in [-0.3, -0.25) is 9.78 Å². The molecule has 0 unspecified atom stereocenters. The minimum Gasteiger partial charge on any atom is -0.457 e. The van der Waals surface area contributed by atoms with E-state index in [2.05, 4.69) is 20.3 Å². The number of H-pyrrole nitrogens is 1. The standard InChI is InChI=1S/C26H25ClN4O3/c27-22-13-19(34-18-7-10-28-11-8-18)5-6-20(22)25(33)21-14-30-26-24(21)23(9-12-29-26)31-17-3-1-16(15-32)2-4-17/h5-14,16-17,32H,1-4,15H2,(H2,29,30,31). The molecule has 174 valence electrons. The van der Waals surface area contributed by atoms with Crippen molar-refractivity contribution < 1.29 is 14.6 Å². The second-order valence-corrected chi connectivity index (χ2v) is 8.99. The number of benzene rings is 1. The Hall–Kier alpha value is -3.42. The van der Waals surface area contributed by atoms with E-state index >= 15 is 0 Å². The van der Waals surface area contributed by atoms with E-state index in [4.69, 9.17) is 16.3 Å². The van der Waals surface area contributed by atoms with Crippen molar-refractivity contribution >= 4 is 34.1 Å². The Morgan fingerprint density at radius 1 is 1.06 bits per heavy atom. The highest BCUT2D eigenvalue weighted by Crippen LogP contribution is 2.33. The quantitative estimate of drug-likeness (QED) is 0.300. The second kappa shape index (κ2) is 9.83. The summed E-state index contributed by atoms with van der Waals surface area (Å²) in [5.41, 5.74) is 2.42. The predicted molar refractivity (Wildman–Crippen MR) is 132 cm³/mol. The van der Waals surface area contributed by atoms with Gasteiger partial charge in [0.1, 0.15) is 17.1 Å². The normalized spacial score (nSPS) is 18.1. The third-order valence-corrected chi connectivity index (χ3v) is 6.67. The van der Waals surface area contributed by atoms with Crippen LogP contribution in [0.5, 0.6) is 11.5 Å². The number of pyridine rings is 2. The smallest absolute Gasteiger partial charge is 0.196 e.